The fourth-order valence-electron chi connectivity index (χ4n) is 3.03. The van der Waals surface area contributed by atoms with E-state index in [0.717, 1.165) is 5.92 Å². The lowest BCUT2D eigenvalue weighted by Gasteiger charge is -2.31. The summed E-state index contributed by atoms with van der Waals surface area (Å²) in [5.74, 6) is 0.922. The predicted molar refractivity (Wildman–Crippen MR) is 85.7 cm³/mol. The largest absolute Gasteiger partial charge is 0.314 e. The maximum atomic E-state index is 3.76. The Morgan fingerprint density at radius 1 is 1.05 bits per heavy atom. The normalized spacial score (nSPS) is 19.7. The van der Waals surface area contributed by atoms with Gasteiger partial charge in [0.1, 0.15) is 0 Å². The van der Waals surface area contributed by atoms with Crippen LogP contribution in [0.3, 0.4) is 0 Å². The second-order valence-corrected chi connectivity index (χ2v) is 6.39. The van der Waals surface area contributed by atoms with Crippen molar-refractivity contribution in [1.29, 1.82) is 0 Å². The van der Waals surface area contributed by atoms with Gasteiger partial charge >= 0.3 is 0 Å². The number of nitrogens with zero attached hydrogens (tertiary/aromatic N) is 1. The zero-order valence-electron chi connectivity index (χ0n) is 13.6. The summed E-state index contributed by atoms with van der Waals surface area (Å²) in [7, 11) is 0. The number of unbranched alkanes of at least 4 members (excludes halogenated alkanes) is 4. The number of hydrogen-bond acceptors (Lipinski definition) is 2. The highest BCUT2D eigenvalue weighted by Crippen LogP contribution is 2.16. The lowest BCUT2D eigenvalue weighted by atomic mass is 9.96. The Balaban J connectivity index is 1.96. The van der Waals surface area contributed by atoms with E-state index in [1.807, 2.05) is 0 Å². The Bertz CT molecular complexity index is 197. The second kappa shape index (κ2) is 10.7. The van der Waals surface area contributed by atoms with Gasteiger partial charge in [-0.25, -0.2) is 0 Å². The average molecular weight is 268 g/mol. The molecule has 19 heavy (non-hydrogen) atoms. The monoisotopic (exact) mass is 268 g/mol. The molecule has 1 saturated heterocycles. The van der Waals surface area contributed by atoms with Crippen molar-refractivity contribution in [3.05, 3.63) is 0 Å². The molecule has 0 bridgehead atoms. The molecular formula is C17H36N2. The Hall–Kier alpha value is -0.0800. The lowest BCUT2D eigenvalue weighted by molar-refractivity contribution is 0.187. The fraction of sp³-hybridized carbons (Fsp3) is 1.00. The molecule has 0 aromatic carbocycles. The van der Waals surface area contributed by atoms with Crippen molar-refractivity contribution in [2.45, 2.75) is 78.2 Å². The average Bonchev–Trinajstić information content (AvgIpc) is 2.45. The van der Waals surface area contributed by atoms with Crippen molar-refractivity contribution in [3.63, 3.8) is 0 Å². The molecule has 1 atom stereocenters. The molecule has 0 aromatic heterocycles. The third-order valence-corrected chi connectivity index (χ3v) is 4.65. The molecule has 1 fully saturated rings. The van der Waals surface area contributed by atoms with Crippen LogP contribution in [0.5, 0.6) is 0 Å². The molecule has 1 aliphatic rings. The summed E-state index contributed by atoms with van der Waals surface area (Å²) in [6, 6.07) is 0.714. The number of piperidine rings is 1. The van der Waals surface area contributed by atoms with E-state index in [1.165, 1.54) is 77.5 Å². The van der Waals surface area contributed by atoms with Crippen LogP contribution in [0, 0.1) is 5.92 Å². The highest BCUT2D eigenvalue weighted by molar-refractivity contribution is 4.74. The standard InChI is InChI=1S/C17H36N2/c1-4-6-7-8-9-10-16(3)18-15-17-11-13-19(5-2)14-12-17/h16-18H,4-15H2,1-3H3. The first-order valence-corrected chi connectivity index (χ1v) is 8.72. The van der Waals surface area contributed by atoms with Gasteiger partial charge in [0.2, 0.25) is 0 Å². The maximum Gasteiger partial charge on any atom is 0.00388 e. The summed E-state index contributed by atoms with van der Waals surface area (Å²) in [5, 5.41) is 3.76. The molecule has 0 aliphatic carbocycles. The third-order valence-electron chi connectivity index (χ3n) is 4.65. The van der Waals surface area contributed by atoms with E-state index >= 15 is 0 Å². The van der Waals surface area contributed by atoms with Crippen LogP contribution in [0.2, 0.25) is 0 Å². The van der Waals surface area contributed by atoms with Crippen molar-refractivity contribution in [2.24, 2.45) is 5.92 Å². The number of hydrogen-bond donors (Lipinski definition) is 1. The van der Waals surface area contributed by atoms with Gasteiger partial charge in [-0.3, -0.25) is 0 Å². The van der Waals surface area contributed by atoms with Gasteiger partial charge in [0.15, 0.2) is 0 Å². The van der Waals surface area contributed by atoms with Crippen molar-refractivity contribution < 1.29 is 0 Å². The van der Waals surface area contributed by atoms with Crippen LogP contribution in [-0.4, -0.2) is 37.1 Å². The SMILES string of the molecule is CCCCCCCC(C)NCC1CCN(CC)CC1. The minimum atomic E-state index is 0.714. The zero-order chi connectivity index (χ0) is 13.9. The molecule has 2 nitrogen and oxygen atoms in total. The van der Waals surface area contributed by atoms with Crippen LogP contribution in [-0.2, 0) is 0 Å². The number of rotatable bonds is 10. The van der Waals surface area contributed by atoms with Crippen LogP contribution in [0.4, 0.5) is 0 Å². The lowest BCUT2D eigenvalue weighted by Crippen LogP contribution is -2.39. The topological polar surface area (TPSA) is 15.3 Å². The van der Waals surface area contributed by atoms with Crippen molar-refractivity contribution in [2.75, 3.05) is 26.2 Å². The van der Waals surface area contributed by atoms with Crippen LogP contribution < -0.4 is 5.32 Å². The van der Waals surface area contributed by atoms with E-state index in [1.54, 1.807) is 0 Å². The molecule has 114 valence electrons. The molecule has 0 aromatic rings. The van der Waals surface area contributed by atoms with Crippen LogP contribution >= 0.6 is 0 Å². The Morgan fingerprint density at radius 3 is 2.37 bits per heavy atom. The van der Waals surface area contributed by atoms with Crippen molar-refractivity contribution >= 4 is 0 Å². The minimum Gasteiger partial charge on any atom is -0.314 e. The van der Waals surface area contributed by atoms with Gasteiger partial charge in [-0.15, -0.1) is 0 Å². The summed E-state index contributed by atoms with van der Waals surface area (Å²) >= 11 is 0. The molecule has 0 radical (unpaired) electrons. The molecule has 1 heterocycles. The van der Waals surface area contributed by atoms with E-state index in [9.17, 15) is 0 Å². The van der Waals surface area contributed by atoms with Gasteiger partial charge in [-0.05, 0) is 58.3 Å². The number of likely N-dealkylation sites (tertiary alicyclic amines) is 1. The van der Waals surface area contributed by atoms with Crippen molar-refractivity contribution in [3.8, 4) is 0 Å². The van der Waals surface area contributed by atoms with Crippen LogP contribution in [0.1, 0.15) is 72.1 Å². The van der Waals surface area contributed by atoms with Crippen LogP contribution in [0.25, 0.3) is 0 Å². The molecule has 2 heteroatoms. The molecule has 0 spiro atoms. The molecule has 1 unspecified atom stereocenters. The summed E-state index contributed by atoms with van der Waals surface area (Å²) < 4.78 is 0. The first kappa shape index (κ1) is 17.0. The molecule has 1 aliphatic heterocycles. The van der Waals surface area contributed by atoms with Gasteiger partial charge in [-0.1, -0.05) is 46.0 Å². The quantitative estimate of drug-likeness (QED) is 0.601. The molecule has 1 rings (SSSR count). The van der Waals surface area contributed by atoms with E-state index in [2.05, 4.69) is 31.0 Å². The van der Waals surface area contributed by atoms with E-state index < -0.39 is 0 Å². The molecule has 1 N–H and O–H groups in total. The Kier molecular flexibility index (Phi) is 9.54. The molecule has 0 saturated carbocycles. The van der Waals surface area contributed by atoms with Gasteiger partial charge in [0.05, 0.1) is 0 Å². The maximum absolute atomic E-state index is 3.76. The van der Waals surface area contributed by atoms with Gasteiger partial charge in [0.25, 0.3) is 0 Å². The predicted octanol–water partition coefficient (Wildman–Crippen LogP) is 4.06. The third kappa shape index (κ3) is 7.94. The Labute approximate surface area is 121 Å². The number of nitrogens with one attached hydrogen (secondary N) is 1. The second-order valence-electron chi connectivity index (χ2n) is 6.39. The smallest absolute Gasteiger partial charge is 0.00388 e. The van der Waals surface area contributed by atoms with Gasteiger partial charge in [0, 0.05) is 6.04 Å². The fourth-order valence-corrected chi connectivity index (χ4v) is 3.03. The van der Waals surface area contributed by atoms with Crippen molar-refractivity contribution in [1.82, 2.24) is 10.2 Å². The minimum absolute atomic E-state index is 0.714. The first-order valence-electron chi connectivity index (χ1n) is 8.72. The summed E-state index contributed by atoms with van der Waals surface area (Å²) in [6.45, 7) is 12.0. The Morgan fingerprint density at radius 2 is 1.74 bits per heavy atom. The van der Waals surface area contributed by atoms with E-state index in [0.29, 0.717) is 6.04 Å². The highest BCUT2D eigenvalue weighted by Gasteiger charge is 2.18. The summed E-state index contributed by atoms with van der Waals surface area (Å²) in [5.41, 5.74) is 0. The summed E-state index contributed by atoms with van der Waals surface area (Å²) in [4.78, 5) is 2.58. The zero-order valence-corrected chi connectivity index (χ0v) is 13.6. The molecule has 0 amide bonds. The summed E-state index contributed by atoms with van der Waals surface area (Å²) in [6.07, 6.45) is 11.2. The van der Waals surface area contributed by atoms with Crippen LogP contribution in [0.15, 0.2) is 0 Å². The van der Waals surface area contributed by atoms with Gasteiger partial charge < -0.3 is 10.2 Å². The molecular weight excluding hydrogens is 232 g/mol. The van der Waals surface area contributed by atoms with Gasteiger partial charge in [-0.2, -0.15) is 0 Å². The first-order chi connectivity index (χ1) is 9.26. The van der Waals surface area contributed by atoms with E-state index in [-0.39, 0.29) is 0 Å². The highest BCUT2D eigenvalue weighted by atomic mass is 15.1. The van der Waals surface area contributed by atoms with E-state index in [4.69, 9.17) is 0 Å².